The average molecular weight is 354 g/mol. The van der Waals surface area contributed by atoms with Gasteiger partial charge in [0.15, 0.2) is 0 Å². The number of hydrogen-bond donors (Lipinski definition) is 2. The van der Waals surface area contributed by atoms with Crippen LogP contribution >= 0.6 is 0 Å². The lowest BCUT2D eigenvalue weighted by Gasteiger charge is -2.38. The largest absolute Gasteiger partial charge is 0.356 e. The number of nitrogens with one attached hydrogen (secondary N) is 2. The number of imide groups is 1. The van der Waals surface area contributed by atoms with Crippen LogP contribution in [0.2, 0.25) is 0 Å². The number of fused-ring (bicyclic) bond motifs is 3. The molecule has 136 valence electrons. The average Bonchev–Trinajstić information content (AvgIpc) is 3.15. The fraction of sp³-hybridized carbons (Fsp3) is 0.421. The van der Waals surface area contributed by atoms with Gasteiger partial charge in [-0.1, -0.05) is 32.0 Å². The first-order valence-corrected chi connectivity index (χ1v) is 8.94. The van der Waals surface area contributed by atoms with Crippen molar-refractivity contribution in [3.63, 3.8) is 0 Å². The number of hydrogen-bond acceptors (Lipinski definition) is 3. The van der Waals surface area contributed by atoms with Crippen LogP contribution in [-0.4, -0.2) is 52.3 Å². The lowest BCUT2D eigenvalue weighted by atomic mass is 9.90. The highest BCUT2D eigenvalue weighted by Crippen LogP contribution is 2.38. The molecule has 0 radical (unpaired) electrons. The Morgan fingerprint density at radius 3 is 2.73 bits per heavy atom. The molecule has 1 aromatic carbocycles. The fourth-order valence-corrected chi connectivity index (χ4v) is 4.08. The summed E-state index contributed by atoms with van der Waals surface area (Å²) in [7, 11) is 0. The number of carbonyl (C=O) groups excluding carboxylic acids is 3. The number of H-pyrrole nitrogens is 1. The third kappa shape index (κ3) is 2.55. The molecule has 1 aromatic heterocycles. The van der Waals surface area contributed by atoms with Crippen molar-refractivity contribution < 1.29 is 14.4 Å². The minimum atomic E-state index is -0.493. The predicted molar refractivity (Wildman–Crippen MR) is 96.4 cm³/mol. The summed E-state index contributed by atoms with van der Waals surface area (Å²) in [5, 5.41) is 3.66. The standard InChI is InChI=1S/C19H22N4O3/c1-11(2)18-17-13(12-5-3-4-6-14(12)21-17)7-8-22(18)16(25)10-23-15(24)9-20-19(23)26/h3-6,11,18,21H,7-10H2,1-2H3,(H,20,26)/t18-/m0/s1. The second-order valence-corrected chi connectivity index (χ2v) is 7.23. The summed E-state index contributed by atoms with van der Waals surface area (Å²) in [4.78, 5) is 42.8. The molecule has 7 heteroatoms. The monoisotopic (exact) mass is 354 g/mol. The van der Waals surface area contributed by atoms with Gasteiger partial charge in [0.2, 0.25) is 5.91 Å². The Morgan fingerprint density at radius 2 is 2.04 bits per heavy atom. The van der Waals surface area contributed by atoms with E-state index in [0.29, 0.717) is 6.54 Å². The van der Waals surface area contributed by atoms with Crippen molar-refractivity contribution in [2.75, 3.05) is 19.6 Å². The van der Waals surface area contributed by atoms with Crippen molar-refractivity contribution in [3.05, 3.63) is 35.5 Å². The van der Waals surface area contributed by atoms with Crippen molar-refractivity contribution in [2.45, 2.75) is 26.3 Å². The number of rotatable bonds is 3. The van der Waals surface area contributed by atoms with Gasteiger partial charge in [0.1, 0.15) is 6.54 Å². The Kier molecular flexibility index (Phi) is 3.94. The van der Waals surface area contributed by atoms with Gasteiger partial charge >= 0.3 is 6.03 Å². The summed E-state index contributed by atoms with van der Waals surface area (Å²) in [5.41, 5.74) is 3.41. The second-order valence-electron chi connectivity index (χ2n) is 7.23. The quantitative estimate of drug-likeness (QED) is 0.824. The maximum atomic E-state index is 12.9. The molecule has 4 rings (SSSR count). The molecule has 0 unspecified atom stereocenters. The Bertz CT molecular complexity index is 885. The zero-order chi connectivity index (χ0) is 18.4. The van der Waals surface area contributed by atoms with E-state index in [9.17, 15) is 14.4 Å². The van der Waals surface area contributed by atoms with Gasteiger partial charge in [-0.25, -0.2) is 4.79 Å². The highest BCUT2D eigenvalue weighted by atomic mass is 16.2. The lowest BCUT2D eigenvalue weighted by Crippen LogP contribution is -2.48. The molecule has 0 spiro atoms. The summed E-state index contributed by atoms with van der Waals surface area (Å²) in [6.07, 6.45) is 0.758. The van der Waals surface area contributed by atoms with Crippen LogP contribution in [0.1, 0.15) is 31.1 Å². The van der Waals surface area contributed by atoms with Gasteiger partial charge in [0.25, 0.3) is 5.91 Å². The Morgan fingerprint density at radius 1 is 1.27 bits per heavy atom. The first-order chi connectivity index (χ1) is 12.5. The van der Waals surface area contributed by atoms with Gasteiger partial charge < -0.3 is 15.2 Å². The Balaban J connectivity index is 1.66. The van der Waals surface area contributed by atoms with E-state index in [-0.39, 0.29) is 36.9 Å². The molecule has 1 atom stereocenters. The van der Waals surface area contributed by atoms with Crippen LogP contribution in [0, 0.1) is 5.92 Å². The smallest absolute Gasteiger partial charge is 0.325 e. The van der Waals surface area contributed by atoms with E-state index < -0.39 is 6.03 Å². The number of aromatic amines is 1. The number of amides is 4. The van der Waals surface area contributed by atoms with Gasteiger partial charge in [-0.3, -0.25) is 14.5 Å². The molecule has 0 aliphatic carbocycles. The maximum Gasteiger partial charge on any atom is 0.325 e. The molecule has 4 amide bonds. The fourth-order valence-electron chi connectivity index (χ4n) is 4.08. The van der Waals surface area contributed by atoms with E-state index in [1.807, 2.05) is 18.2 Å². The molecule has 2 aromatic rings. The van der Waals surface area contributed by atoms with Crippen molar-refractivity contribution >= 4 is 28.7 Å². The van der Waals surface area contributed by atoms with E-state index in [1.54, 1.807) is 4.90 Å². The van der Waals surface area contributed by atoms with Gasteiger partial charge in [-0.05, 0) is 24.0 Å². The molecular weight excluding hydrogens is 332 g/mol. The minimum Gasteiger partial charge on any atom is -0.356 e. The molecule has 2 aliphatic rings. The van der Waals surface area contributed by atoms with Gasteiger partial charge in [0.05, 0.1) is 12.6 Å². The van der Waals surface area contributed by atoms with Crippen LogP contribution in [0.5, 0.6) is 0 Å². The molecule has 7 nitrogen and oxygen atoms in total. The number of urea groups is 1. The molecule has 0 saturated carbocycles. The van der Waals surface area contributed by atoms with Gasteiger partial charge in [-0.15, -0.1) is 0 Å². The summed E-state index contributed by atoms with van der Waals surface area (Å²) in [6.45, 7) is 4.51. The van der Waals surface area contributed by atoms with Crippen molar-refractivity contribution in [1.82, 2.24) is 20.1 Å². The SMILES string of the molecule is CC(C)[C@H]1c2[nH]c3ccccc3c2CCN1C(=O)CN1C(=O)CNC1=O. The first-order valence-electron chi connectivity index (χ1n) is 8.94. The molecule has 3 heterocycles. The molecule has 1 saturated heterocycles. The number of aromatic nitrogens is 1. The van der Waals surface area contributed by atoms with Crippen LogP contribution in [0.15, 0.2) is 24.3 Å². The second kappa shape index (κ2) is 6.16. The molecule has 0 bridgehead atoms. The topological polar surface area (TPSA) is 85.5 Å². The van der Waals surface area contributed by atoms with E-state index in [0.717, 1.165) is 22.5 Å². The van der Waals surface area contributed by atoms with Crippen LogP contribution in [0.4, 0.5) is 4.79 Å². The summed E-state index contributed by atoms with van der Waals surface area (Å²) < 4.78 is 0. The predicted octanol–water partition coefficient (Wildman–Crippen LogP) is 1.80. The van der Waals surface area contributed by atoms with Crippen LogP contribution in [-0.2, 0) is 16.0 Å². The zero-order valence-corrected chi connectivity index (χ0v) is 14.9. The summed E-state index contributed by atoms with van der Waals surface area (Å²) in [5.74, 6) is -0.347. The Hall–Kier alpha value is -2.83. The van der Waals surface area contributed by atoms with E-state index in [4.69, 9.17) is 0 Å². The lowest BCUT2D eigenvalue weighted by molar-refractivity contribution is -0.139. The number of benzene rings is 1. The van der Waals surface area contributed by atoms with E-state index in [2.05, 4.69) is 30.2 Å². The maximum absolute atomic E-state index is 12.9. The molecule has 1 fully saturated rings. The van der Waals surface area contributed by atoms with Crippen LogP contribution < -0.4 is 5.32 Å². The van der Waals surface area contributed by atoms with Crippen molar-refractivity contribution in [1.29, 1.82) is 0 Å². The molecule has 2 aliphatic heterocycles. The van der Waals surface area contributed by atoms with Crippen molar-refractivity contribution in [3.8, 4) is 0 Å². The summed E-state index contributed by atoms with van der Waals surface area (Å²) >= 11 is 0. The molecule has 26 heavy (non-hydrogen) atoms. The minimum absolute atomic E-state index is 0.0358. The number of para-hydroxylation sites is 1. The van der Waals surface area contributed by atoms with Crippen molar-refractivity contribution in [2.24, 2.45) is 5.92 Å². The third-order valence-corrected chi connectivity index (χ3v) is 5.26. The normalized spacial score (nSPS) is 20.0. The third-order valence-electron chi connectivity index (χ3n) is 5.26. The zero-order valence-electron chi connectivity index (χ0n) is 14.9. The van der Waals surface area contributed by atoms with Gasteiger partial charge in [0, 0.05) is 23.1 Å². The highest BCUT2D eigenvalue weighted by Gasteiger charge is 2.38. The summed E-state index contributed by atoms with van der Waals surface area (Å²) in [6, 6.07) is 7.58. The van der Waals surface area contributed by atoms with Crippen LogP contribution in [0.3, 0.4) is 0 Å². The van der Waals surface area contributed by atoms with E-state index in [1.165, 1.54) is 10.9 Å². The number of carbonyl (C=O) groups is 3. The molecule has 2 N–H and O–H groups in total. The van der Waals surface area contributed by atoms with Crippen LogP contribution in [0.25, 0.3) is 10.9 Å². The highest BCUT2D eigenvalue weighted by molar-refractivity contribution is 6.04. The first kappa shape index (κ1) is 16.6. The van der Waals surface area contributed by atoms with E-state index >= 15 is 0 Å². The molecular formula is C19H22N4O3. The Labute approximate surface area is 151 Å². The van der Waals surface area contributed by atoms with Gasteiger partial charge in [-0.2, -0.15) is 0 Å². The number of nitrogens with zero attached hydrogens (tertiary/aromatic N) is 2.